The molecule has 0 bridgehead atoms. The normalized spacial score (nSPS) is 18.6. The Morgan fingerprint density at radius 1 is 1.45 bits per heavy atom. The van der Waals surface area contributed by atoms with Gasteiger partial charge in [-0.1, -0.05) is 33.6 Å². The minimum absolute atomic E-state index is 0.0715. The van der Waals surface area contributed by atoms with Gasteiger partial charge in [0.15, 0.2) is 0 Å². The summed E-state index contributed by atoms with van der Waals surface area (Å²) in [7, 11) is 1.99. The maximum atomic E-state index is 11.9. The van der Waals surface area contributed by atoms with E-state index in [2.05, 4.69) is 31.1 Å². The summed E-state index contributed by atoms with van der Waals surface area (Å²) in [6.45, 7) is 7.19. The monoisotopic (exact) mass is 295 g/mol. The van der Waals surface area contributed by atoms with E-state index >= 15 is 0 Å². The second-order valence-corrected chi connectivity index (χ2v) is 7.78. The number of carbonyl (C=O) groups is 1. The molecule has 1 aromatic heterocycles. The second kappa shape index (κ2) is 5.45. The fourth-order valence-corrected chi connectivity index (χ4v) is 3.93. The van der Waals surface area contributed by atoms with Gasteiger partial charge in [-0.05, 0) is 19.9 Å². The minimum atomic E-state index is -0.465. The average Bonchev–Trinajstić information content (AvgIpc) is 2.96. The molecule has 20 heavy (non-hydrogen) atoms. The van der Waals surface area contributed by atoms with Crippen molar-refractivity contribution in [3.8, 4) is 0 Å². The van der Waals surface area contributed by atoms with Crippen molar-refractivity contribution in [2.75, 3.05) is 7.05 Å². The van der Waals surface area contributed by atoms with E-state index in [-0.39, 0.29) is 11.3 Å². The van der Waals surface area contributed by atoms with Gasteiger partial charge < -0.3 is 5.73 Å². The first-order valence-corrected chi connectivity index (χ1v) is 8.10. The predicted octanol–water partition coefficient (Wildman–Crippen LogP) is 2.67. The van der Waals surface area contributed by atoms with Crippen LogP contribution in [0.2, 0.25) is 0 Å². The highest BCUT2D eigenvalue weighted by Crippen LogP contribution is 2.35. The van der Waals surface area contributed by atoms with Crippen molar-refractivity contribution in [1.29, 1.82) is 0 Å². The van der Waals surface area contributed by atoms with Crippen molar-refractivity contribution < 1.29 is 4.79 Å². The predicted molar refractivity (Wildman–Crippen MR) is 82.7 cm³/mol. The fraction of sp³-hybridized carbons (Fsp3) is 0.733. The van der Waals surface area contributed by atoms with E-state index in [1.807, 2.05) is 7.05 Å². The first kappa shape index (κ1) is 15.4. The SMILES string of the molecule is CN(Cc1nc(C(C)(C)C)cs1)C1(C(N)=O)CCCC1. The van der Waals surface area contributed by atoms with Crippen molar-refractivity contribution in [3.63, 3.8) is 0 Å². The van der Waals surface area contributed by atoms with Crippen molar-refractivity contribution in [2.24, 2.45) is 5.73 Å². The van der Waals surface area contributed by atoms with Crippen LogP contribution in [0.15, 0.2) is 5.38 Å². The standard InChI is InChI=1S/C15H25N3OS/c1-14(2,3)11-10-20-12(17-11)9-18(4)15(13(16)19)7-5-6-8-15/h10H,5-9H2,1-4H3,(H2,16,19). The van der Waals surface area contributed by atoms with Crippen LogP contribution in [0.1, 0.15) is 57.2 Å². The van der Waals surface area contributed by atoms with Gasteiger partial charge in [0.25, 0.3) is 0 Å². The number of likely N-dealkylation sites (N-methyl/N-ethyl adjacent to an activating group) is 1. The Morgan fingerprint density at radius 2 is 2.05 bits per heavy atom. The van der Waals surface area contributed by atoms with Gasteiger partial charge in [-0.15, -0.1) is 11.3 Å². The van der Waals surface area contributed by atoms with Crippen molar-refractivity contribution >= 4 is 17.2 Å². The number of nitrogens with zero attached hydrogens (tertiary/aromatic N) is 2. The molecule has 5 heteroatoms. The zero-order valence-electron chi connectivity index (χ0n) is 12.9. The lowest BCUT2D eigenvalue weighted by Crippen LogP contribution is -2.53. The van der Waals surface area contributed by atoms with E-state index in [9.17, 15) is 4.79 Å². The lowest BCUT2D eigenvalue weighted by atomic mass is 9.93. The highest BCUT2D eigenvalue weighted by Gasteiger charge is 2.43. The third-order valence-electron chi connectivity index (χ3n) is 4.31. The van der Waals surface area contributed by atoms with Gasteiger partial charge in [0.2, 0.25) is 5.91 Å². The van der Waals surface area contributed by atoms with Crippen LogP contribution in [0, 0.1) is 0 Å². The molecule has 2 rings (SSSR count). The first-order valence-electron chi connectivity index (χ1n) is 7.22. The molecule has 0 radical (unpaired) electrons. The maximum absolute atomic E-state index is 11.9. The van der Waals surface area contributed by atoms with Crippen molar-refractivity contribution in [3.05, 3.63) is 16.1 Å². The molecule has 4 nitrogen and oxygen atoms in total. The minimum Gasteiger partial charge on any atom is -0.368 e. The number of thiazole rings is 1. The molecule has 0 atom stereocenters. The fourth-order valence-electron chi connectivity index (χ4n) is 2.86. The molecule has 1 fully saturated rings. The van der Waals surface area contributed by atoms with Gasteiger partial charge in [-0.2, -0.15) is 0 Å². The van der Waals surface area contributed by atoms with Crippen LogP contribution in [0.4, 0.5) is 0 Å². The molecule has 0 aromatic carbocycles. The van der Waals surface area contributed by atoms with Gasteiger partial charge in [0, 0.05) is 10.8 Å². The van der Waals surface area contributed by atoms with Crippen LogP contribution in [0.5, 0.6) is 0 Å². The topological polar surface area (TPSA) is 59.2 Å². The molecule has 0 saturated heterocycles. The molecule has 1 saturated carbocycles. The maximum Gasteiger partial charge on any atom is 0.237 e. The van der Waals surface area contributed by atoms with Gasteiger partial charge in [-0.3, -0.25) is 9.69 Å². The number of rotatable bonds is 4. The molecular formula is C15H25N3OS. The van der Waals surface area contributed by atoms with Gasteiger partial charge in [0.05, 0.1) is 12.2 Å². The lowest BCUT2D eigenvalue weighted by molar-refractivity contribution is -0.129. The zero-order valence-corrected chi connectivity index (χ0v) is 13.7. The number of primary amides is 1. The molecule has 1 aromatic rings. The van der Waals surface area contributed by atoms with E-state index in [1.54, 1.807) is 11.3 Å². The van der Waals surface area contributed by atoms with Crippen LogP contribution in [0.25, 0.3) is 0 Å². The summed E-state index contributed by atoms with van der Waals surface area (Å²) < 4.78 is 0. The molecule has 1 aliphatic carbocycles. The molecule has 1 heterocycles. The van der Waals surface area contributed by atoms with Gasteiger partial charge >= 0.3 is 0 Å². The Labute approximate surface area is 125 Å². The van der Waals surface area contributed by atoms with E-state index in [4.69, 9.17) is 10.7 Å². The van der Waals surface area contributed by atoms with Crippen LogP contribution in [-0.2, 0) is 16.8 Å². The summed E-state index contributed by atoms with van der Waals surface area (Å²) >= 11 is 1.67. The van der Waals surface area contributed by atoms with E-state index < -0.39 is 5.54 Å². The largest absolute Gasteiger partial charge is 0.368 e. The van der Waals surface area contributed by atoms with Crippen LogP contribution in [-0.4, -0.2) is 28.4 Å². The van der Waals surface area contributed by atoms with E-state index in [0.29, 0.717) is 6.54 Å². The highest BCUT2D eigenvalue weighted by molar-refractivity contribution is 7.09. The van der Waals surface area contributed by atoms with Crippen molar-refractivity contribution in [2.45, 2.75) is 64.0 Å². The Morgan fingerprint density at radius 3 is 2.50 bits per heavy atom. The summed E-state index contributed by atoms with van der Waals surface area (Å²) in [6.07, 6.45) is 3.91. The number of nitrogens with two attached hydrogens (primary N) is 1. The first-order chi connectivity index (χ1) is 9.25. The Hall–Kier alpha value is -0.940. The number of aromatic nitrogens is 1. The summed E-state index contributed by atoms with van der Waals surface area (Å²) in [5.41, 5.74) is 6.39. The summed E-state index contributed by atoms with van der Waals surface area (Å²) in [6, 6.07) is 0. The quantitative estimate of drug-likeness (QED) is 0.929. The van der Waals surface area contributed by atoms with E-state index in [0.717, 1.165) is 36.4 Å². The third-order valence-corrected chi connectivity index (χ3v) is 5.15. The summed E-state index contributed by atoms with van der Waals surface area (Å²) in [5.74, 6) is -0.190. The summed E-state index contributed by atoms with van der Waals surface area (Å²) in [5, 5.41) is 3.18. The lowest BCUT2D eigenvalue weighted by Gasteiger charge is -2.35. The molecule has 1 amide bonds. The van der Waals surface area contributed by atoms with Crippen LogP contribution in [0.3, 0.4) is 0 Å². The molecular weight excluding hydrogens is 270 g/mol. The third kappa shape index (κ3) is 2.88. The Balaban J connectivity index is 2.13. The molecule has 0 aliphatic heterocycles. The zero-order chi connectivity index (χ0) is 15.0. The summed E-state index contributed by atoms with van der Waals surface area (Å²) in [4.78, 5) is 18.7. The molecule has 0 spiro atoms. The second-order valence-electron chi connectivity index (χ2n) is 6.84. The molecule has 2 N–H and O–H groups in total. The van der Waals surface area contributed by atoms with Gasteiger partial charge in [-0.25, -0.2) is 4.98 Å². The Bertz CT molecular complexity index is 484. The molecule has 1 aliphatic rings. The average molecular weight is 295 g/mol. The number of carbonyl (C=O) groups excluding carboxylic acids is 1. The molecule has 0 unspecified atom stereocenters. The number of amides is 1. The molecule has 112 valence electrons. The van der Waals surface area contributed by atoms with Gasteiger partial charge in [0.1, 0.15) is 10.5 Å². The smallest absolute Gasteiger partial charge is 0.237 e. The van der Waals surface area contributed by atoms with E-state index in [1.165, 1.54) is 0 Å². The van der Waals surface area contributed by atoms with Crippen LogP contribution < -0.4 is 5.73 Å². The Kier molecular flexibility index (Phi) is 4.21. The van der Waals surface area contributed by atoms with Crippen molar-refractivity contribution in [1.82, 2.24) is 9.88 Å². The number of hydrogen-bond donors (Lipinski definition) is 1. The highest BCUT2D eigenvalue weighted by atomic mass is 32.1. The number of hydrogen-bond acceptors (Lipinski definition) is 4. The van der Waals surface area contributed by atoms with Crippen LogP contribution >= 0.6 is 11.3 Å².